The van der Waals surface area contributed by atoms with Crippen molar-refractivity contribution in [3.8, 4) is 12.1 Å². The first-order valence-electron chi connectivity index (χ1n) is 10.8. The quantitative estimate of drug-likeness (QED) is 0.268. The minimum Gasteiger partial charge on any atom is -0.384 e. The molecule has 0 atom stereocenters. The van der Waals surface area contributed by atoms with Crippen LogP contribution in [0.2, 0.25) is 15.5 Å². The molecule has 0 fully saturated rings. The molecule has 6 aromatic rings. The van der Waals surface area contributed by atoms with E-state index in [1.165, 1.54) is 27.5 Å². The highest BCUT2D eigenvalue weighted by atomic mass is 35.5. The summed E-state index contributed by atoms with van der Waals surface area (Å²) in [5.41, 5.74) is 6.75. The van der Waals surface area contributed by atoms with Crippen LogP contribution in [0, 0.1) is 22.7 Å². The van der Waals surface area contributed by atoms with Gasteiger partial charge in [-0.15, -0.1) is 0 Å². The van der Waals surface area contributed by atoms with E-state index in [4.69, 9.17) is 51.1 Å². The van der Waals surface area contributed by atoms with Gasteiger partial charge in [0.25, 0.3) is 0 Å². The third kappa shape index (κ3) is 6.66. The van der Waals surface area contributed by atoms with Crippen LogP contribution in [0.1, 0.15) is 11.1 Å². The number of halogens is 3. The van der Waals surface area contributed by atoms with Gasteiger partial charge in [0.15, 0.2) is 11.3 Å². The van der Waals surface area contributed by atoms with Crippen LogP contribution in [0.15, 0.2) is 73.3 Å². The predicted octanol–water partition coefficient (Wildman–Crippen LogP) is 4.96. The van der Waals surface area contributed by atoms with Crippen molar-refractivity contribution in [2.24, 2.45) is 0 Å². The number of aromatic nitrogens is 8. The maximum Gasteiger partial charge on any atom is 0.176 e. The molecular formula is C24H15Cl3N12. The number of pyridine rings is 2. The van der Waals surface area contributed by atoms with Gasteiger partial charge in [0.2, 0.25) is 0 Å². The van der Waals surface area contributed by atoms with Crippen LogP contribution in [-0.4, -0.2) is 39.2 Å². The average molecular weight is 578 g/mol. The standard InChI is InChI=1S/C12H7ClN6.C7H2Cl2N4.C5H6N2/c13-9-5-11(18-10-3-1-2-4-15-10)19-12(17-9)8(6-14)7-16-19;8-5-1-6(9)13-7(12-5)4(2-10)3-11-13;6-5-3-1-2-4-7-5/h1-5,7H,(H,15,18);1,3H;1-4H,(H2,6,7). The molecule has 0 radical (unpaired) electrons. The molecular weight excluding hydrogens is 563 g/mol. The van der Waals surface area contributed by atoms with E-state index in [9.17, 15) is 0 Å². The second-order valence-corrected chi connectivity index (χ2v) is 8.43. The fraction of sp³-hybridized carbons (Fsp3) is 0. The number of hydrogen-bond donors (Lipinski definition) is 2. The summed E-state index contributed by atoms with van der Waals surface area (Å²) in [7, 11) is 0. The van der Waals surface area contributed by atoms with Crippen LogP contribution >= 0.6 is 34.8 Å². The summed E-state index contributed by atoms with van der Waals surface area (Å²) >= 11 is 17.4. The zero-order valence-corrected chi connectivity index (χ0v) is 21.9. The van der Waals surface area contributed by atoms with Crippen molar-refractivity contribution in [3.63, 3.8) is 0 Å². The van der Waals surface area contributed by atoms with Crippen LogP contribution in [0.5, 0.6) is 0 Å². The number of anilines is 3. The molecule has 0 unspecified atom stereocenters. The maximum atomic E-state index is 8.98. The molecule has 192 valence electrons. The Morgan fingerprint density at radius 1 is 0.769 bits per heavy atom. The number of hydrogen-bond acceptors (Lipinski definition) is 10. The lowest BCUT2D eigenvalue weighted by Crippen LogP contribution is -2.02. The lowest BCUT2D eigenvalue weighted by atomic mass is 10.4. The van der Waals surface area contributed by atoms with Gasteiger partial charge in [0.1, 0.15) is 56.2 Å². The Hall–Kier alpha value is -5.01. The van der Waals surface area contributed by atoms with Crippen molar-refractivity contribution in [3.05, 3.63) is 99.9 Å². The SMILES string of the molecule is N#Cc1cnn2c(Cl)cc(Cl)nc12.N#Cc1cnn2c(Nc3ccccn3)cc(Cl)nc12.Nc1ccccn1. The van der Waals surface area contributed by atoms with E-state index in [1.54, 1.807) is 24.5 Å². The molecule has 0 saturated heterocycles. The third-order valence-electron chi connectivity index (χ3n) is 4.69. The molecule has 0 aliphatic heterocycles. The monoisotopic (exact) mass is 576 g/mol. The van der Waals surface area contributed by atoms with Gasteiger partial charge in [-0.25, -0.2) is 24.5 Å². The highest BCUT2D eigenvalue weighted by molar-refractivity contribution is 6.33. The first kappa shape index (κ1) is 27.0. The smallest absolute Gasteiger partial charge is 0.176 e. The number of rotatable bonds is 2. The molecule has 6 rings (SSSR count). The van der Waals surface area contributed by atoms with Crippen molar-refractivity contribution in [2.45, 2.75) is 0 Å². The third-order valence-corrected chi connectivity index (χ3v) is 5.34. The summed E-state index contributed by atoms with van der Waals surface area (Å²) in [6.45, 7) is 0. The van der Waals surface area contributed by atoms with Crippen LogP contribution in [0.4, 0.5) is 17.5 Å². The summed E-state index contributed by atoms with van der Waals surface area (Å²) in [6, 6.07) is 18.0. The Labute approximate surface area is 235 Å². The minimum absolute atomic E-state index is 0.245. The Balaban J connectivity index is 0.000000152. The summed E-state index contributed by atoms with van der Waals surface area (Å²) in [6.07, 6.45) is 6.17. The zero-order chi connectivity index (χ0) is 27.8. The highest BCUT2D eigenvalue weighted by Gasteiger charge is 2.11. The summed E-state index contributed by atoms with van der Waals surface area (Å²) in [5.74, 6) is 1.82. The van der Waals surface area contributed by atoms with Gasteiger partial charge in [-0.05, 0) is 24.3 Å². The fourth-order valence-corrected chi connectivity index (χ4v) is 3.67. The first-order valence-corrected chi connectivity index (χ1v) is 11.9. The van der Waals surface area contributed by atoms with Gasteiger partial charge in [-0.1, -0.05) is 46.9 Å². The number of nitrogens with zero attached hydrogens (tertiary/aromatic N) is 10. The van der Waals surface area contributed by atoms with E-state index < -0.39 is 0 Å². The van der Waals surface area contributed by atoms with Crippen molar-refractivity contribution in [1.82, 2.24) is 39.2 Å². The fourth-order valence-electron chi connectivity index (χ4n) is 3.02. The Morgan fingerprint density at radius 3 is 1.90 bits per heavy atom. The Kier molecular flexibility index (Phi) is 8.66. The van der Waals surface area contributed by atoms with E-state index in [0.717, 1.165) is 0 Å². The lowest BCUT2D eigenvalue weighted by Gasteiger charge is -2.07. The van der Waals surface area contributed by atoms with Crippen molar-refractivity contribution < 1.29 is 0 Å². The molecule has 0 spiro atoms. The molecule has 12 nitrogen and oxygen atoms in total. The summed E-state index contributed by atoms with van der Waals surface area (Å²) in [4.78, 5) is 15.9. The van der Waals surface area contributed by atoms with Crippen molar-refractivity contribution in [1.29, 1.82) is 10.5 Å². The van der Waals surface area contributed by atoms with Gasteiger partial charge in [-0.3, -0.25) is 0 Å². The second-order valence-electron chi connectivity index (χ2n) is 7.27. The van der Waals surface area contributed by atoms with Crippen molar-refractivity contribution in [2.75, 3.05) is 11.1 Å². The van der Waals surface area contributed by atoms with Crippen LogP contribution in [0.3, 0.4) is 0 Å². The molecule has 0 aliphatic rings. The normalized spacial score (nSPS) is 9.97. The van der Waals surface area contributed by atoms with E-state index in [-0.39, 0.29) is 10.3 Å². The average Bonchev–Trinajstić information content (AvgIpc) is 3.54. The van der Waals surface area contributed by atoms with Crippen LogP contribution in [0.25, 0.3) is 11.3 Å². The molecule has 0 saturated carbocycles. The van der Waals surface area contributed by atoms with Crippen LogP contribution in [-0.2, 0) is 0 Å². The lowest BCUT2D eigenvalue weighted by molar-refractivity contribution is 0.940. The molecule has 15 heteroatoms. The maximum absolute atomic E-state index is 8.98. The summed E-state index contributed by atoms with van der Waals surface area (Å²) < 4.78 is 2.87. The topological polar surface area (TPSA) is 172 Å². The predicted molar refractivity (Wildman–Crippen MR) is 147 cm³/mol. The molecule has 0 amide bonds. The van der Waals surface area contributed by atoms with Gasteiger partial charge in [0.05, 0.1) is 12.4 Å². The molecule has 6 heterocycles. The zero-order valence-electron chi connectivity index (χ0n) is 19.6. The number of nitrogen functional groups attached to an aromatic ring is 1. The Morgan fingerprint density at radius 2 is 1.36 bits per heavy atom. The number of nitrogens with two attached hydrogens (primary N) is 1. The van der Waals surface area contributed by atoms with Gasteiger partial charge in [0, 0.05) is 24.5 Å². The summed E-state index contributed by atoms with van der Waals surface area (Å²) in [5, 5.41) is 29.6. The molecule has 0 bridgehead atoms. The van der Waals surface area contributed by atoms with Crippen molar-refractivity contribution >= 4 is 63.6 Å². The van der Waals surface area contributed by atoms with E-state index in [1.807, 2.05) is 42.5 Å². The molecule has 0 aliphatic carbocycles. The van der Waals surface area contributed by atoms with E-state index in [2.05, 4.69) is 35.5 Å². The second kappa shape index (κ2) is 12.5. The number of nitrogens with one attached hydrogen (secondary N) is 1. The van der Waals surface area contributed by atoms with E-state index in [0.29, 0.717) is 45.0 Å². The molecule has 39 heavy (non-hydrogen) atoms. The number of fused-ring (bicyclic) bond motifs is 2. The van der Waals surface area contributed by atoms with Gasteiger partial charge in [-0.2, -0.15) is 25.2 Å². The first-order chi connectivity index (χ1) is 18.9. The largest absolute Gasteiger partial charge is 0.384 e. The van der Waals surface area contributed by atoms with Gasteiger partial charge < -0.3 is 11.1 Å². The van der Waals surface area contributed by atoms with Gasteiger partial charge >= 0.3 is 0 Å². The van der Waals surface area contributed by atoms with Crippen LogP contribution < -0.4 is 11.1 Å². The highest BCUT2D eigenvalue weighted by Crippen LogP contribution is 2.21. The Bertz CT molecular complexity index is 1810. The van der Waals surface area contributed by atoms with E-state index >= 15 is 0 Å². The molecule has 0 aromatic carbocycles. The number of nitriles is 2. The molecule has 6 aromatic heterocycles. The molecule has 3 N–H and O–H groups in total. The minimum atomic E-state index is 0.245.